The van der Waals surface area contributed by atoms with E-state index in [1.54, 1.807) is 6.20 Å². The molecular weight excluding hydrogens is 148 g/mol. The average molecular weight is 162 g/mol. The largest absolute Gasteiger partial charge is 0.320 e. The highest BCUT2D eigenvalue weighted by Gasteiger charge is 2.60. The zero-order valence-corrected chi connectivity index (χ0v) is 7.54. The predicted molar refractivity (Wildman–Crippen MR) is 48.5 cm³/mol. The van der Waals surface area contributed by atoms with Gasteiger partial charge in [-0.1, -0.05) is 19.9 Å². The maximum absolute atomic E-state index is 6.18. The number of aromatic nitrogens is 1. The fourth-order valence-corrected chi connectivity index (χ4v) is 1.72. The summed E-state index contributed by atoms with van der Waals surface area (Å²) in [7, 11) is 0. The summed E-state index contributed by atoms with van der Waals surface area (Å²) >= 11 is 0. The summed E-state index contributed by atoms with van der Waals surface area (Å²) in [5.41, 5.74) is 7.26. The van der Waals surface area contributed by atoms with Crippen LogP contribution in [0.1, 0.15) is 26.0 Å². The zero-order chi connectivity index (χ0) is 8.82. The van der Waals surface area contributed by atoms with E-state index in [0.29, 0.717) is 0 Å². The Bertz CT molecular complexity index is 292. The third kappa shape index (κ3) is 0.879. The molecule has 2 nitrogen and oxygen atoms in total. The second-order valence-corrected chi connectivity index (χ2v) is 4.25. The van der Waals surface area contributed by atoms with Crippen molar-refractivity contribution in [2.24, 2.45) is 11.1 Å². The molecule has 1 fully saturated rings. The Balaban J connectivity index is 2.35. The normalized spacial score (nSPS) is 31.6. The van der Waals surface area contributed by atoms with Crippen molar-refractivity contribution >= 4 is 0 Å². The van der Waals surface area contributed by atoms with Gasteiger partial charge < -0.3 is 5.73 Å². The molecule has 2 heteroatoms. The first-order valence-corrected chi connectivity index (χ1v) is 4.27. The molecule has 12 heavy (non-hydrogen) atoms. The number of rotatable bonds is 1. The van der Waals surface area contributed by atoms with Crippen molar-refractivity contribution < 1.29 is 0 Å². The van der Waals surface area contributed by atoms with Crippen LogP contribution >= 0.6 is 0 Å². The van der Waals surface area contributed by atoms with Gasteiger partial charge in [-0.15, -0.1) is 0 Å². The lowest BCUT2D eigenvalue weighted by Crippen LogP contribution is -2.26. The van der Waals surface area contributed by atoms with Gasteiger partial charge in [0.2, 0.25) is 0 Å². The molecule has 0 spiro atoms. The molecule has 1 aromatic heterocycles. The molecular formula is C10H14N2. The Kier molecular flexibility index (Phi) is 1.34. The lowest BCUT2D eigenvalue weighted by Gasteiger charge is -2.13. The number of hydrogen-bond donors (Lipinski definition) is 1. The van der Waals surface area contributed by atoms with Crippen LogP contribution in [0, 0.1) is 5.41 Å². The maximum Gasteiger partial charge on any atom is 0.0642 e. The first-order chi connectivity index (χ1) is 5.56. The van der Waals surface area contributed by atoms with Gasteiger partial charge in [-0.3, -0.25) is 4.98 Å². The van der Waals surface area contributed by atoms with E-state index in [4.69, 9.17) is 5.73 Å². The quantitative estimate of drug-likeness (QED) is 0.682. The van der Waals surface area contributed by atoms with Crippen LogP contribution in [0.5, 0.6) is 0 Å². The number of nitrogens with two attached hydrogens (primary N) is 1. The van der Waals surface area contributed by atoms with E-state index in [-0.39, 0.29) is 11.0 Å². The molecule has 0 amide bonds. The average Bonchev–Trinajstić information content (AvgIpc) is 2.55. The molecule has 1 saturated carbocycles. The Morgan fingerprint density at radius 3 is 2.50 bits per heavy atom. The SMILES string of the molecule is CC1(C)CC1(N)c1ccccn1. The molecule has 0 bridgehead atoms. The highest BCUT2D eigenvalue weighted by molar-refractivity contribution is 5.29. The summed E-state index contributed by atoms with van der Waals surface area (Å²) in [4.78, 5) is 4.28. The Labute approximate surface area is 72.8 Å². The summed E-state index contributed by atoms with van der Waals surface area (Å²) < 4.78 is 0. The van der Waals surface area contributed by atoms with E-state index < -0.39 is 0 Å². The molecule has 0 saturated heterocycles. The highest BCUT2D eigenvalue weighted by atomic mass is 14.9. The van der Waals surface area contributed by atoms with Crippen LogP contribution in [0.2, 0.25) is 0 Å². The molecule has 1 aromatic rings. The van der Waals surface area contributed by atoms with Gasteiger partial charge in [-0.05, 0) is 24.0 Å². The van der Waals surface area contributed by atoms with Crippen molar-refractivity contribution in [3.05, 3.63) is 30.1 Å². The van der Waals surface area contributed by atoms with E-state index in [1.807, 2.05) is 18.2 Å². The number of hydrogen-bond acceptors (Lipinski definition) is 2. The topological polar surface area (TPSA) is 38.9 Å². The monoisotopic (exact) mass is 162 g/mol. The Morgan fingerprint density at radius 1 is 1.42 bits per heavy atom. The molecule has 0 radical (unpaired) electrons. The standard InChI is InChI=1S/C10H14N2/c1-9(2)7-10(9,11)8-5-3-4-6-12-8/h3-6H,7,11H2,1-2H3. The van der Waals surface area contributed by atoms with Crippen molar-refractivity contribution in [1.82, 2.24) is 4.98 Å². The number of nitrogens with zero attached hydrogens (tertiary/aromatic N) is 1. The second kappa shape index (κ2) is 2.07. The summed E-state index contributed by atoms with van der Waals surface area (Å²) in [6, 6.07) is 5.92. The summed E-state index contributed by atoms with van der Waals surface area (Å²) in [5.74, 6) is 0. The lowest BCUT2D eigenvalue weighted by atomic mass is 10.0. The van der Waals surface area contributed by atoms with Gasteiger partial charge >= 0.3 is 0 Å². The van der Waals surface area contributed by atoms with Gasteiger partial charge in [0.15, 0.2) is 0 Å². The molecule has 1 aliphatic rings. The smallest absolute Gasteiger partial charge is 0.0642 e. The van der Waals surface area contributed by atoms with Crippen molar-refractivity contribution in [3.8, 4) is 0 Å². The van der Waals surface area contributed by atoms with Gasteiger partial charge in [-0.2, -0.15) is 0 Å². The van der Waals surface area contributed by atoms with Crippen molar-refractivity contribution in [2.45, 2.75) is 25.8 Å². The summed E-state index contributed by atoms with van der Waals surface area (Å²) in [5, 5.41) is 0. The lowest BCUT2D eigenvalue weighted by molar-refractivity contribution is 0.500. The van der Waals surface area contributed by atoms with Crippen LogP contribution in [0.3, 0.4) is 0 Å². The fourth-order valence-electron chi connectivity index (χ4n) is 1.72. The molecule has 1 atom stereocenters. The minimum atomic E-state index is -0.172. The number of pyridine rings is 1. The minimum absolute atomic E-state index is 0.172. The van der Waals surface area contributed by atoms with Crippen molar-refractivity contribution in [2.75, 3.05) is 0 Å². The van der Waals surface area contributed by atoms with Crippen molar-refractivity contribution in [1.29, 1.82) is 0 Å². The molecule has 0 aliphatic heterocycles. The van der Waals surface area contributed by atoms with E-state index in [9.17, 15) is 0 Å². The van der Waals surface area contributed by atoms with Crippen LogP contribution in [-0.2, 0) is 5.54 Å². The van der Waals surface area contributed by atoms with Crippen LogP contribution < -0.4 is 5.73 Å². The second-order valence-electron chi connectivity index (χ2n) is 4.25. The van der Waals surface area contributed by atoms with Gasteiger partial charge in [0.05, 0.1) is 11.2 Å². The van der Waals surface area contributed by atoms with Gasteiger partial charge in [0.1, 0.15) is 0 Å². The first kappa shape index (κ1) is 7.74. The fraction of sp³-hybridized carbons (Fsp3) is 0.500. The molecule has 2 rings (SSSR count). The van der Waals surface area contributed by atoms with Gasteiger partial charge in [0, 0.05) is 6.20 Å². The zero-order valence-electron chi connectivity index (χ0n) is 7.54. The minimum Gasteiger partial charge on any atom is -0.320 e. The summed E-state index contributed by atoms with van der Waals surface area (Å²) in [6.45, 7) is 4.36. The molecule has 1 heterocycles. The van der Waals surface area contributed by atoms with Crippen LogP contribution in [0.4, 0.5) is 0 Å². The molecule has 64 valence electrons. The summed E-state index contributed by atoms with van der Waals surface area (Å²) in [6.07, 6.45) is 2.84. The maximum atomic E-state index is 6.18. The molecule has 1 aliphatic carbocycles. The van der Waals surface area contributed by atoms with Crippen LogP contribution in [0.15, 0.2) is 24.4 Å². The third-order valence-electron chi connectivity index (χ3n) is 2.93. The van der Waals surface area contributed by atoms with E-state index in [0.717, 1.165) is 12.1 Å². The Hall–Kier alpha value is -0.890. The predicted octanol–water partition coefficient (Wildman–Crippen LogP) is 1.67. The molecule has 1 unspecified atom stereocenters. The molecule has 2 N–H and O–H groups in total. The molecule has 0 aromatic carbocycles. The first-order valence-electron chi connectivity index (χ1n) is 4.27. The van der Waals surface area contributed by atoms with Gasteiger partial charge in [-0.25, -0.2) is 0 Å². The third-order valence-corrected chi connectivity index (χ3v) is 2.93. The van der Waals surface area contributed by atoms with Crippen LogP contribution in [0.25, 0.3) is 0 Å². The van der Waals surface area contributed by atoms with Crippen molar-refractivity contribution in [3.63, 3.8) is 0 Å². The Morgan fingerprint density at radius 2 is 2.08 bits per heavy atom. The van der Waals surface area contributed by atoms with Crippen LogP contribution in [-0.4, -0.2) is 4.98 Å². The van der Waals surface area contributed by atoms with E-state index in [2.05, 4.69) is 18.8 Å². The van der Waals surface area contributed by atoms with E-state index in [1.165, 1.54) is 0 Å². The van der Waals surface area contributed by atoms with Gasteiger partial charge in [0.25, 0.3) is 0 Å². The highest BCUT2D eigenvalue weighted by Crippen LogP contribution is 2.59. The van der Waals surface area contributed by atoms with E-state index >= 15 is 0 Å².